The Morgan fingerprint density at radius 2 is 0.765 bits per heavy atom. The van der Waals surface area contributed by atoms with Crippen molar-refractivity contribution in [3.8, 4) is 0 Å². The molecular formula is C31H36Cl2Zr-2. The van der Waals surface area contributed by atoms with Crippen LogP contribution >= 0.6 is 0 Å². The molecule has 0 unspecified atom stereocenters. The molecule has 0 radical (unpaired) electrons. The Bertz CT molecular complexity index is 933. The first-order chi connectivity index (χ1) is 15.1. The Balaban J connectivity index is 0.000000485. The molecule has 4 rings (SSSR count). The molecule has 0 aromatic heterocycles. The van der Waals surface area contributed by atoms with Gasteiger partial charge in [0, 0.05) is 0 Å². The van der Waals surface area contributed by atoms with Crippen molar-refractivity contribution in [3.05, 3.63) is 131 Å². The van der Waals surface area contributed by atoms with E-state index in [1.807, 2.05) is 0 Å². The van der Waals surface area contributed by atoms with Crippen molar-refractivity contribution < 1.29 is 49.0 Å². The summed E-state index contributed by atoms with van der Waals surface area (Å²) < 4.78 is 1.42. The fourth-order valence-corrected chi connectivity index (χ4v) is 3.94. The van der Waals surface area contributed by atoms with E-state index in [1.165, 1.54) is 49.7 Å². The molecule has 0 saturated heterocycles. The van der Waals surface area contributed by atoms with Gasteiger partial charge in [0.05, 0.1) is 0 Å². The van der Waals surface area contributed by atoms with Crippen LogP contribution in [0.15, 0.2) is 109 Å². The first-order valence-electron chi connectivity index (χ1n) is 11.2. The van der Waals surface area contributed by atoms with E-state index in [-0.39, 0.29) is 24.8 Å². The van der Waals surface area contributed by atoms with E-state index in [0.717, 1.165) is 0 Å². The summed E-state index contributed by atoms with van der Waals surface area (Å²) in [5.41, 5.74) is 6.14. The van der Waals surface area contributed by atoms with Gasteiger partial charge < -0.3 is 24.8 Å². The van der Waals surface area contributed by atoms with Crippen LogP contribution in [0, 0.1) is 0 Å². The topological polar surface area (TPSA) is 0 Å². The Morgan fingerprint density at radius 3 is 0.971 bits per heavy atom. The minimum absolute atomic E-state index is 0. The summed E-state index contributed by atoms with van der Waals surface area (Å²) in [4.78, 5) is 0. The molecule has 0 aliphatic rings. The van der Waals surface area contributed by atoms with Crippen LogP contribution in [0.4, 0.5) is 0 Å². The van der Waals surface area contributed by atoms with Crippen molar-refractivity contribution in [2.45, 2.75) is 52.4 Å². The summed E-state index contributed by atoms with van der Waals surface area (Å²) >= 11 is 1.46. The summed E-state index contributed by atoms with van der Waals surface area (Å²) in [5.74, 6) is 0. The van der Waals surface area contributed by atoms with Crippen LogP contribution in [-0.4, -0.2) is 3.21 Å². The standard InChI is InChI=1S/C13H10.2C9H13.2ClH.Zr/c1-3-7-12(8-4-1)11-13-9-5-2-6-10-13;2*1-9(2,3)8-6-4-5-7-8;;;/h1-10H;2*4-7H,1-3H3;2*1H;/q;2*-1;;;+2/p-2. The molecule has 0 atom stereocenters. The second kappa shape index (κ2) is 15.5. The Morgan fingerprint density at radius 1 is 0.500 bits per heavy atom. The maximum absolute atomic E-state index is 2.22. The van der Waals surface area contributed by atoms with Gasteiger partial charge in [-0.15, -0.1) is 0 Å². The molecule has 4 aromatic rings. The molecule has 3 heteroatoms. The number of benzene rings is 2. The Hall–Kier alpha value is -1.53. The van der Waals surface area contributed by atoms with Crippen molar-refractivity contribution in [2.24, 2.45) is 0 Å². The van der Waals surface area contributed by atoms with Crippen molar-refractivity contribution in [1.82, 2.24) is 0 Å². The zero-order chi connectivity index (χ0) is 23.6. The molecule has 0 saturated carbocycles. The predicted molar refractivity (Wildman–Crippen MR) is 138 cm³/mol. The molecule has 0 heterocycles. The van der Waals surface area contributed by atoms with Crippen LogP contribution in [0.1, 0.15) is 63.8 Å². The molecule has 0 nitrogen and oxygen atoms in total. The van der Waals surface area contributed by atoms with Crippen LogP contribution in [0.2, 0.25) is 0 Å². The molecule has 0 bridgehead atoms. The van der Waals surface area contributed by atoms with Gasteiger partial charge in [-0.1, -0.05) is 52.4 Å². The SMILES string of the molecule is CC(C)(C)[c-]1cccc1.CC(C)(C)[c-]1cccc1.[Cl-].[Cl-].[Zr+2]=[C](c1ccccc1)c1ccccc1. The average molecular weight is 571 g/mol. The molecule has 180 valence electrons. The van der Waals surface area contributed by atoms with Gasteiger partial charge in [-0.3, -0.25) is 0 Å². The zero-order valence-electron chi connectivity index (χ0n) is 21.1. The predicted octanol–water partition coefficient (Wildman–Crippen LogP) is 2.22. The summed E-state index contributed by atoms with van der Waals surface area (Å²) in [6.07, 6.45) is 0. The van der Waals surface area contributed by atoms with E-state index < -0.39 is 0 Å². The second-order valence-electron chi connectivity index (χ2n) is 9.95. The van der Waals surface area contributed by atoms with E-state index in [1.54, 1.807) is 0 Å². The molecule has 0 amide bonds. The van der Waals surface area contributed by atoms with E-state index >= 15 is 0 Å². The van der Waals surface area contributed by atoms with Gasteiger partial charge in [-0.2, -0.15) is 35.4 Å². The summed E-state index contributed by atoms with van der Waals surface area (Å²) in [7, 11) is 0. The second-order valence-corrected chi connectivity index (χ2v) is 11.2. The Labute approximate surface area is 234 Å². The quantitative estimate of drug-likeness (QED) is 0.325. The molecular weight excluding hydrogens is 534 g/mol. The fraction of sp³-hybridized carbons (Fsp3) is 0.258. The van der Waals surface area contributed by atoms with Crippen molar-refractivity contribution in [2.75, 3.05) is 0 Å². The third-order valence-corrected chi connectivity index (χ3v) is 6.60. The van der Waals surface area contributed by atoms with Gasteiger partial charge in [0.1, 0.15) is 0 Å². The van der Waals surface area contributed by atoms with E-state index in [2.05, 4.69) is 151 Å². The molecule has 0 N–H and O–H groups in total. The van der Waals surface area contributed by atoms with E-state index in [0.29, 0.717) is 10.8 Å². The third kappa shape index (κ3) is 11.3. The van der Waals surface area contributed by atoms with E-state index in [4.69, 9.17) is 0 Å². The molecule has 4 aromatic carbocycles. The summed E-state index contributed by atoms with van der Waals surface area (Å²) in [6.45, 7) is 13.3. The van der Waals surface area contributed by atoms with Crippen molar-refractivity contribution in [3.63, 3.8) is 0 Å². The number of hydrogen-bond donors (Lipinski definition) is 0. The van der Waals surface area contributed by atoms with Crippen LogP contribution in [-0.2, 0) is 35.1 Å². The number of hydrogen-bond acceptors (Lipinski definition) is 0. The van der Waals surface area contributed by atoms with Crippen LogP contribution in [0.3, 0.4) is 0 Å². The molecule has 0 aliphatic carbocycles. The van der Waals surface area contributed by atoms with Crippen molar-refractivity contribution >= 4 is 3.21 Å². The summed E-state index contributed by atoms with van der Waals surface area (Å²) in [6, 6.07) is 38.1. The molecule has 0 fully saturated rings. The molecule has 0 aliphatic heterocycles. The normalized spacial score (nSPS) is 10.4. The van der Waals surface area contributed by atoms with Crippen LogP contribution in [0.5, 0.6) is 0 Å². The molecule has 0 spiro atoms. The van der Waals surface area contributed by atoms with Gasteiger partial charge in [0.25, 0.3) is 0 Å². The van der Waals surface area contributed by atoms with Crippen LogP contribution < -0.4 is 24.8 Å². The minimum atomic E-state index is 0. The Kier molecular flexibility index (Phi) is 14.8. The zero-order valence-corrected chi connectivity index (χ0v) is 25.1. The van der Waals surface area contributed by atoms with E-state index in [9.17, 15) is 0 Å². The van der Waals surface area contributed by atoms with Gasteiger partial charge in [0.15, 0.2) is 0 Å². The summed E-state index contributed by atoms with van der Waals surface area (Å²) in [5, 5.41) is 0. The average Bonchev–Trinajstić information content (AvgIpc) is 3.49. The maximum atomic E-state index is 2.22. The van der Waals surface area contributed by atoms with Gasteiger partial charge in [-0.25, -0.2) is 24.3 Å². The molecule has 34 heavy (non-hydrogen) atoms. The first-order valence-corrected chi connectivity index (χ1v) is 12.5. The fourth-order valence-electron chi connectivity index (χ4n) is 3.12. The van der Waals surface area contributed by atoms with Gasteiger partial charge in [-0.05, 0) is 0 Å². The van der Waals surface area contributed by atoms with Crippen molar-refractivity contribution in [1.29, 1.82) is 0 Å². The van der Waals surface area contributed by atoms with Gasteiger partial charge >= 0.3 is 99.2 Å². The third-order valence-electron chi connectivity index (χ3n) is 5.18. The number of rotatable bonds is 2. The monoisotopic (exact) mass is 568 g/mol. The number of halogens is 2. The van der Waals surface area contributed by atoms with Gasteiger partial charge in [0.2, 0.25) is 0 Å². The first kappa shape index (κ1) is 32.5. The van der Waals surface area contributed by atoms with Crippen LogP contribution in [0.25, 0.3) is 0 Å².